The topological polar surface area (TPSA) is 60.0 Å². The average molecular weight is 429 g/mol. The van der Waals surface area contributed by atoms with Crippen LogP contribution in [0.4, 0.5) is 0 Å². The summed E-state index contributed by atoms with van der Waals surface area (Å²) in [6, 6.07) is 10.6. The van der Waals surface area contributed by atoms with Crippen molar-refractivity contribution in [3.05, 3.63) is 59.1 Å². The number of rotatable bonds is 11. The predicted octanol–water partition coefficient (Wildman–Crippen LogP) is 3.15. The van der Waals surface area contributed by atoms with Crippen LogP contribution < -0.4 is 5.32 Å². The number of hydrogen-bond acceptors (Lipinski definition) is 5. The zero-order chi connectivity index (χ0) is 22.1. The Bertz CT molecular complexity index is 775. The molecule has 31 heavy (non-hydrogen) atoms. The third kappa shape index (κ3) is 6.58. The molecule has 1 fully saturated rings. The highest BCUT2D eigenvalue weighted by Gasteiger charge is 2.30. The summed E-state index contributed by atoms with van der Waals surface area (Å²) in [5.41, 5.74) is 2.15. The van der Waals surface area contributed by atoms with Gasteiger partial charge < -0.3 is 24.4 Å². The number of amides is 1. The summed E-state index contributed by atoms with van der Waals surface area (Å²) >= 11 is 0. The number of methoxy groups -OCH3 is 2. The molecule has 6 nitrogen and oxygen atoms in total. The van der Waals surface area contributed by atoms with Crippen LogP contribution in [0.2, 0.25) is 0 Å². The Balaban J connectivity index is 1.59. The number of benzene rings is 1. The van der Waals surface area contributed by atoms with Crippen LogP contribution >= 0.6 is 0 Å². The lowest BCUT2D eigenvalue weighted by Crippen LogP contribution is -2.36. The number of nitrogens with one attached hydrogen (secondary N) is 1. The van der Waals surface area contributed by atoms with Gasteiger partial charge in [-0.3, -0.25) is 4.79 Å². The van der Waals surface area contributed by atoms with Gasteiger partial charge in [0.05, 0.1) is 13.7 Å². The number of nitrogens with zero attached hydrogens (tertiary/aromatic N) is 1. The minimum Gasteiger partial charge on any atom is -0.497 e. The molecule has 2 atom stereocenters. The van der Waals surface area contributed by atoms with Crippen molar-refractivity contribution in [2.24, 2.45) is 11.8 Å². The number of hydrogen-bond donors (Lipinski definition) is 1. The highest BCUT2D eigenvalue weighted by molar-refractivity contribution is 5.94. The molecule has 0 spiro atoms. The third-order valence-corrected chi connectivity index (χ3v) is 6.15. The Morgan fingerprint density at radius 3 is 2.61 bits per heavy atom. The molecule has 1 saturated heterocycles. The smallest absolute Gasteiger partial charge is 0.249 e. The van der Waals surface area contributed by atoms with Crippen molar-refractivity contribution in [2.75, 3.05) is 54.1 Å². The molecule has 1 amide bonds. The van der Waals surface area contributed by atoms with Crippen molar-refractivity contribution < 1.29 is 19.0 Å². The first kappa shape index (κ1) is 23.4. The van der Waals surface area contributed by atoms with Crippen molar-refractivity contribution >= 4 is 5.91 Å². The largest absolute Gasteiger partial charge is 0.497 e. The van der Waals surface area contributed by atoms with Crippen LogP contribution in [0.5, 0.6) is 0 Å². The van der Waals surface area contributed by atoms with Gasteiger partial charge in [-0.25, -0.2) is 0 Å². The second kappa shape index (κ2) is 11.9. The maximum absolute atomic E-state index is 13.2. The minimum atomic E-state index is 0.0819. The molecule has 1 N–H and O–H groups in total. The standard InChI is InChI=1S/C25H36N2O4/c1-27(18-22-17-26-16-21(22)14-19-8-5-4-6-9-19)25(28)20-10-11-23(30-3)24(15-20)31-13-7-12-29-2/h4-6,8-9,15,21-22,26H,7,10-14,16-18H2,1-3H3/t21-,22+/m0/s1. The molecule has 0 radical (unpaired) electrons. The molecule has 0 bridgehead atoms. The molecule has 0 saturated carbocycles. The van der Waals surface area contributed by atoms with E-state index in [1.54, 1.807) is 14.2 Å². The van der Waals surface area contributed by atoms with Crippen LogP contribution in [0.1, 0.15) is 24.8 Å². The van der Waals surface area contributed by atoms with Crippen molar-refractivity contribution in [1.29, 1.82) is 0 Å². The lowest BCUT2D eigenvalue weighted by Gasteiger charge is -2.27. The molecule has 1 heterocycles. The van der Waals surface area contributed by atoms with Crippen molar-refractivity contribution in [1.82, 2.24) is 10.2 Å². The van der Waals surface area contributed by atoms with E-state index in [1.807, 2.05) is 18.0 Å². The first-order valence-electron chi connectivity index (χ1n) is 11.2. The summed E-state index contributed by atoms with van der Waals surface area (Å²) < 4.78 is 16.4. The predicted molar refractivity (Wildman–Crippen MR) is 121 cm³/mol. The van der Waals surface area contributed by atoms with E-state index >= 15 is 0 Å². The maximum atomic E-state index is 13.2. The molecule has 1 aromatic carbocycles. The first-order chi connectivity index (χ1) is 15.1. The Labute approximate surface area is 186 Å². The molecule has 1 aromatic rings. The molecule has 1 aliphatic carbocycles. The van der Waals surface area contributed by atoms with Crippen molar-refractivity contribution in [3.8, 4) is 0 Å². The van der Waals surface area contributed by atoms with Gasteiger partial charge in [0.15, 0.2) is 5.76 Å². The van der Waals surface area contributed by atoms with Gasteiger partial charge in [0.2, 0.25) is 5.91 Å². The average Bonchev–Trinajstić information content (AvgIpc) is 3.23. The van der Waals surface area contributed by atoms with Crippen LogP contribution in [0.25, 0.3) is 0 Å². The number of allylic oxidation sites excluding steroid dienone is 2. The van der Waals surface area contributed by atoms with Gasteiger partial charge in [0, 0.05) is 45.7 Å². The molecular weight excluding hydrogens is 392 g/mol. The normalized spacial score (nSPS) is 21.1. The molecule has 170 valence electrons. The summed E-state index contributed by atoms with van der Waals surface area (Å²) in [4.78, 5) is 15.0. The highest BCUT2D eigenvalue weighted by Crippen LogP contribution is 2.28. The lowest BCUT2D eigenvalue weighted by atomic mass is 9.89. The molecule has 3 rings (SSSR count). The van der Waals surface area contributed by atoms with Crippen molar-refractivity contribution in [3.63, 3.8) is 0 Å². The number of ether oxygens (including phenoxy) is 3. The van der Waals surface area contributed by atoms with E-state index in [0.29, 0.717) is 43.7 Å². The van der Waals surface area contributed by atoms with Crippen LogP contribution in [0, 0.1) is 11.8 Å². The molecular formula is C25H36N2O4. The van der Waals surface area contributed by atoms with Gasteiger partial charge in [0.1, 0.15) is 5.76 Å². The molecule has 1 aliphatic heterocycles. The molecule has 6 heteroatoms. The summed E-state index contributed by atoms with van der Waals surface area (Å²) in [7, 11) is 5.24. The van der Waals surface area contributed by atoms with E-state index in [2.05, 4.69) is 35.6 Å². The quantitative estimate of drug-likeness (QED) is 0.549. The summed E-state index contributed by atoms with van der Waals surface area (Å²) in [5.74, 6) is 2.55. The SMILES string of the molecule is COCCCOC1=C(OC)CCC(C(=O)N(C)C[C@H]2CNC[C@@H]2Cc2ccccc2)=C1. The molecule has 2 aliphatic rings. The molecule has 0 unspecified atom stereocenters. The Hall–Kier alpha value is -2.31. The van der Waals surface area contributed by atoms with Crippen LogP contribution in [-0.4, -0.2) is 64.9 Å². The first-order valence-corrected chi connectivity index (χ1v) is 11.2. The summed E-state index contributed by atoms with van der Waals surface area (Å²) in [6.07, 6.45) is 5.06. The van der Waals surface area contributed by atoms with Gasteiger partial charge in [-0.1, -0.05) is 30.3 Å². The van der Waals surface area contributed by atoms with E-state index in [-0.39, 0.29) is 5.91 Å². The summed E-state index contributed by atoms with van der Waals surface area (Å²) in [6.45, 7) is 3.90. The minimum absolute atomic E-state index is 0.0819. The Kier molecular flexibility index (Phi) is 8.98. The Morgan fingerprint density at radius 2 is 1.87 bits per heavy atom. The number of carbonyl (C=O) groups excluding carboxylic acids is 1. The van der Waals surface area contributed by atoms with Crippen LogP contribution in [0.15, 0.2) is 53.5 Å². The van der Waals surface area contributed by atoms with Gasteiger partial charge in [-0.2, -0.15) is 0 Å². The van der Waals surface area contributed by atoms with E-state index in [4.69, 9.17) is 14.2 Å². The second-order valence-electron chi connectivity index (χ2n) is 8.41. The maximum Gasteiger partial charge on any atom is 0.249 e. The lowest BCUT2D eigenvalue weighted by molar-refractivity contribution is -0.126. The number of likely N-dealkylation sites (N-methyl/N-ethyl adjacent to an activating group) is 1. The van der Waals surface area contributed by atoms with Crippen LogP contribution in [-0.2, 0) is 25.4 Å². The summed E-state index contributed by atoms with van der Waals surface area (Å²) in [5, 5.41) is 3.51. The van der Waals surface area contributed by atoms with Gasteiger partial charge in [-0.05, 0) is 49.4 Å². The van der Waals surface area contributed by atoms with E-state index in [1.165, 1.54) is 5.56 Å². The van der Waals surface area contributed by atoms with E-state index in [9.17, 15) is 4.79 Å². The zero-order valence-electron chi connectivity index (χ0n) is 19.1. The Morgan fingerprint density at radius 1 is 1.10 bits per heavy atom. The van der Waals surface area contributed by atoms with Gasteiger partial charge in [-0.15, -0.1) is 0 Å². The fourth-order valence-corrected chi connectivity index (χ4v) is 4.40. The second-order valence-corrected chi connectivity index (χ2v) is 8.41. The van der Waals surface area contributed by atoms with Crippen LogP contribution in [0.3, 0.4) is 0 Å². The van der Waals surface area contributed by atoms with Gasteiger partial charge in [0.25, 0.3) is 0 Å². The number of carbonyl (C=O) groups is 1. The van der Waals surface area contributed by atoms with E-state index < -0.39 is 0 Å². The molecule has 0 aromatic heterocycles. The third-order valence-electron chi connectivity index (χ3n) is 6.15. The monoisotopic (exact) mass is 428 g/mol. The fourth-order valence-electron chi connectivity index (χ4n) is 4.40. The van der Waals surface area contributed by atoms with E-state index in [0.717, 1.165) is 43.8 Å². The van der Waals surface area contributed by atoms with Crippen molar-refractivity contribution in [2.45, 2.75) is 25.7 Å². The van der Waals surface area contributed by atoms with Gasteiger partial charge >= 0.3 is 0 Å². The zero-order valence-corrected chi connectivity index (χ0v) is 19.1. The highest BCUT2D eigenvalue weighted by atomic mass is 16.5. The fraction of sp³-hybridized carbons (Fsp3) is 0.560.